The van der Waals surface area contributed by atoms with Crippen molar-refractivity contribution in [3.63, 3.8) is 0 Å². The first kappa shape index (κ1) is 13.3. The van der Waals surface area contributed by atoms with E-state index in [1.807, 2.05) is 13.8 Å². The Labute approximate surface area is 71.5 Å². The van der Waals surface area contributed by atoms with Crippen LogP contribution in [0.5, 0.6) is 0 Å². The Bertz CT molecular complexity index is 82.9. The highest BCUT2D eigenvalue weighted by molar-refractivity contribution is 4.93. The number of rotatable bonds is 3. The molecule has 0 aromatic rings. The molecule has 0 spiro atoms. The summed E-state index contributed by atoms with van der Waals surface area (Å²) in [6.07, 6.45) is 3.33. The zero-order valence-electron chi connectivity index (χ0n) is 8.61. The van der Waals surface area contributed by atoms with E-state index in [2.05, 4.69) is 26.8 Å². The highest BCUT2D eigenvalue weighted by Gasteiger charge is 1.73. The second-order valence-electron chi connectivity index (χ2n) is 2.27. The summed E-state index contributed by atoms with van der Waals surface area (Å²) in [6, 6.07) is 0. The number of allylic oxidation sites excluding steroid dienone is 2. The predicted octanol–water partition coefficient (Wildman–Crippen LogP) is 3.41. The molecule has 68 valence electrons. The van der Waals surface area contributed by atoms with Crippen LogP contribution in [0.15, 0.2) is 11.6 Å². The van der Waals surface area contributed by atoms with Crippen molar-refractivity contribution in [2.75, 3.05) is 13.2 Å². The molecule has 0 bridgehead atoms. The van der Waals surface area contributed by atoms with E-state index in [0.29, 0.717) is 0 Å². The first-order chi connectivity index (χ1) is 5.22. The van der Waals surface area contributed by atoms with Crippen LogP contribution in [-0.4, -0.2) is 13.2 Å². The molecular weight excluding hydrogens is 136 g/mol. The molecule has 0 aromatic heterocycles. The van der Waals surface area contributed by atoms with Gasteiger partial charge in [0.05, 0.1) is 0 Å². The second kappa shape index (κ2) is 12.4. The van der Waals surface area contributed by atoms with Crippen LogP contribution in [0.3, 0.4) is 0 Å². The summed E-state index contributed by atoms with van der Waals surface area (Å²) in [5.74, 6) is 0. The molecule has 0 saturated heterocycles. The molecule has 0 atom stereocenters. The van der Waals surface area contributed by atoms with Gasteiger partial charge in [-0.15, -0.1) is 0 Å². The van der Waals surface area contributed by atoms with E-state index in [4.69, 9.17) is 4.74 Å². The normalized spacial score (nSPS) is 10.5. The van der Waals surface area contributed by atoms with Crippen molar-refractivity contribution in [1.82, 2.24) is 0 Å². The van der Waals surface area contributed by atoms with Gasteiger partial charge in [0, 0.05) is 13.2 Å². The summed E-state index contributed by atoms with van der Waals surface area (Å²) in [7, 11) is 0. The SMILES string of the molecule is CC=C(C)CC.CCOCC. The first-order valence-corrected chi connectivity index (χ1v) is 4.42. The van der Waals surface area contributed by atoms with E-state index in [1.165, 1.54) is 12.0 Å². The maximum atomic E-state index is 4.83. The predicted molar refractivity (Wildman–Crippen MR) is 51.9 cm³/mol. The Balaban J connectivity index is 0. The van der Waals surface area contributed by atoms with Crippen molar-refractivity contribution >= 4 is 0 Å². The van der Waals surface area contributed by atoms with E-state index in [0.717, 1.165) is 13.2 Å². The van der Waals surface area contributed by atoms with Gasteiger partial charge in [-0.3, -0.25) is 0 Å². The van der Waals surface area contributed by atoms with Crippen LogP contribution in [-0.2, 0) is 4.74 Å². The largest absolute Gasteiger partial charge is 0.382 e. The van der Waals surface area contributed by atoms with Crippen molar-refractivity contribution in [2.24, 2.45) is 0 Å². The van der Waals surface area contributed by atoms with Crippen molar-refractivity contribution in [3.8, 4) is 0 Å². The third kappa shape index (κ3) is 17.7. The molecule has 0 aliphatic heterocycles. The summed E-state index contributed by atoms with van der Waals surface area (Å²) < 4.78 is 4.83. The van der Waals surface area contributed by atoms with Gasteiger partial charge in [-0.2, -0.15) is 0 Å². The minimum atomic E-state index is 0.844. The van der Waals surface area contributed by atoms with Gasteiger partial charge in [-0.05, 0) is 34.1 Å². The lowest BCUT2D eigenvalue weighted by molar-refractivity contribution is 0.162. The van der Waals surface area contributed by atoms with Gasteiger partial charge in [-0.25, -0.2) is 0 Å². The molecule has 0 aliphatic carbocycles. The molecule has 0 radical (unpaired) electrons. The first-order valence-electron chi connectivity index (χ1n) is 4.42. The number of hydrogen-bond donors (Lipinski definition) is 0. The topological polar surface area (TPSA) is 9.23 Å². The Kier molecular flexibility index (Phi) is 15.0. The zero-order chi connectivity index (χ0) is 9.11. The van der Waals surface area contributed by atoms with E-state index in [-0.39, 0.29) is 0 Å². The minimum absolute atomic E-state index is 0.844. The molecule has 0 rings (SSSR count). The third-order valence-electron chi connectivity index (χ3n) is 1.46. The molecule has 0 fully saturated rings. The van der Waals surface area contributed by atoms with Crippen molar-refractivity contribution in [3.05, 3.63) is 11.6 Å². The Morgan fingerprint density at radius 3 is 1.64 bits per heavy atom. The van der Waals surface area contributed by atoms with Gasteiger partial charge in [0.25, 0.3) is 0 Å². The lowest BCUT2D eigenvalue weighted by Gasteiger charge is -1.86. The standard InChI is InChI=1S/C6H12.C4H10O/c1-4-6(3)5-2;1-3-5-4-2/h4H,5H2,1-3H3;3-4H2,1-2H3. The van der Waals surface area contributed by atoms with Crippen LogP contribution >= 0.6 is 0 Å². The Hall–Kier alpha value is -0.300. The average molecular weight is 158 g/mol. The Morgan fingerprint density at radius 1 is 1.18 bits per heavy atom. The van der Waals surface area contributed by atoms with Gasteiger partial charge >= 0.3 is 0 Å². The van der Waals surface area contributed by atoms with Crippen LogP contribution in [0.4, 0.5) is 0 Å². The second-order valence-corrected chi connectivity index (χ2v) is 2.27. The molecule has 0 unspecified atom stereocenters. The fourth-order valence-corrected chi connectivity index (χ4v) is 0.408. The smallest absolute Gasteiger partial charge is 0.0437 e. The molecule has 1 nitrogen and oxygen atoms in total. The van der Waals surface area contributed by atoms with Crippen molar-refractivity contribution < 1.29 is 4.74 Å². The molecule has 0 heterocycles. The molecule has 0 N–H and O–H groups in total. The van der Waals surface area contributed by atoms with Crippen molar-refractivity contribution in [2.45, 2.75) is 41.0 Å². The highest BCUT2D eigenvalue weighted by atomic mass is 16.5. The summed E-state index contributed by atoms with van der Waals surface area (Å²) >= 11 is 0. The monoisotopic (exact) mass is 158 g/mol. The molecular formula is C10H22O. The van der Waals surface area contributed by atoms with Crippen LogP contribution in [0.1, 0.15) is 41.0 Å². The minimum Gasteiger partial charge on any atom is -0.382 e. The molecule has 0 saturated carbocycles. The van der Waals surface area contributed by atoms with Crippen LogP contribution in [0, 0.1) is 0 Å². The zero-order valence-corrected chi connectivity index (χ0v) is 8.61. The number of hydrogen-bond acceptors (Lipinski definition) is 1. The van der Waals surface area contributed by atoms with Gasteiger partial charge < -0.3 is 4.74 Å². The van der Waals surface area contributed by atoms with Crippen LogP contribution in [0.2, 0.25) is 0 Å². The van der Waals surface area contributed by atoms with Gasteiger partial charge in [0.2, 0.25) is 0 Å². The summed E-state index contributed by atoms with van der Waals surface area (Å²) in [6.45, 7) is 12.0. The quantitative estimate of drug-likeness (QED) is 0.572. The summed E-state index contributed by atoms with van der Waals surface area (Å²) in [5.41, 5.74) is 1.47. The van der Waals surface area contributed by atoms with Gasteiger partial charge in [0.15, 0.2) is 0 Å². The molecule has 1 heteroatoms. The maximum Gasteiger partial charge on any atom is 0.0437 e. The Morgan fingerprint density at radius 2 is 1.64 bits per heavy atom. The fourth-order valence-electron chi connectivity index (χ4n) is 0.408. The van der Waals surface area contributed by atoms with E-state index >= 15 is 0 Å². The van der Waals surface area contributed by atoms with Crippen LogP contribution in [0.25, 0.3) is 0 Å². The van der Waals surface area contributed by atoms with E-state index < -0.39 is 0 Å². The molecule has 11 heavy (non-hydrogen) atoms. The third-order valence-corrected chi connectivity index (χ3v) is 1.46. The van der Waals surface area contributed by atoms with Crippen molar-refractivity contribution in [1.29, 1.82) is 0 Å². The lowest BCUT2D eigenvalue weighted by Crippen LogP contribution is -1.84. The van der Waals surface area contributed by atoms with Gasteiger partial charge in [-0.1, -0.05) is 18.6 Å². The molecule has 0 amide bonds. The average Bonchev–Trinajstić information content (AvgIpc) is 2.06. The fraction of sp³-hybridized carbons (Fsp3) is 0.800. The number of ether oxygens (including phenoxy) is 1. The molecule has 0 aromatic carbocycles. The maximum absolute atomic E-state index is 4.83. The van der Waals surface area contributed by atoms with E-state index in [9.17, 15) is 0 Å². The molecule has 0 aliphatic rings. The van der Waals surface area contributed by atoms with Gasteiger partial charge in [0.1, 0.15) is 0 Å². The summed E-state index contributed by atoms with van der Waals surface area (Å²) in [5, 5.41) is 0. The lowest BCUT2D eigenvalue weighted by atomic mass is 10.2. The van der Waals surface area contributed by atoms with E-state index in [1.54, 1.807) is 0 Å². The van der Waals surface area contributed by atoms with Crippen LogP contribution < -0.4 is 0 Å². The highest BCUT2D eigenvalue weighted by Crippen LogP contribution is 1.94. The summed E-state index contributed by atoms with van der Waals surface area (Å²) in [4.78, 5) is 0.